The fourth-order valence-corrected chi connectivity index (χ4v) is 2.33. The number of aliphatic hydroxyl groups is 1. The van der Waals surface area contributed by atoms with Gasteiger partial charge in [-0.05, 0) is 18.9 Å². The molecule has 0 bridgehead atoms. The summed E-state index contributed by atoms with van der Waals surface area (Å²) in [7, 11) is 1.70. The molecule has 2 rings (SSSR count). The quantitative estimate of drug-likeness (QED) is 0.744. The van der Waals surface area contributed by atoms with Crippen LogP contribution in [0.15, 0.2) is 18.3 Å². The van der Waals surface area contributed by atoms with E-state index in [2.05, 4.69) is 21.3 Å². The summed E-state index contributed by atoms with van der Waals surface area (Å²) in [6, 6.07) is 4.07. The van der Waals surface area contributed by atoms with Crippen LogP contribution in [0, 0.1) is 0 Å². The highest BCUT2D eigenvalue weighted by Crippen LogP contribution is 2.21. The molecule has 0 saturated carbocycles. The number of pyridine rings is 1. The van der Waals surface area contributed by atoms with Crippen molar-refractivity contribution in [1.82, 2.24) is 10.3 Å². The molecule has 1 aromatic rings. The van der Waals surface area contributed by atoms with E-state index in [0.717, 1.165) is 44.8 Å². The normalized spacial score (nSPS) is 16.8. The summed E-state index contributed by atoms with van der Waals surface area (Å²) in [5.41, 5.74) is 1.20. The number of aromatic nitrogens is 1. The zero-order valence-corrected chi connectivity index (χ0v) is 11.5. The number of piperidine rings is 1. The van der Waals surface area contributed by atoms with E-state index in [0.29, 0.717) is 6.61 Å². The Balaban J connectivity index is 1.95. The number of ether oxygens (including phenoxy) is 1. The van der Waals surface area contributed by atoms with Gasteiger partial charge in [-0.15, -0.1) is 0 Å². The Morgan fingerprint density at radius 2 is 2.26 bits per heavy atom. The average molecular weight is 265 g/mol. The van der Waals surface area contributed by atoms with Crippen molar-refractivity contribution in [3.63, 3.8) is 0 Å². The van der Waals surface area contributed by atoms with E-state index < -0.39 is 0 Å². The molecule has 19 heavy (non-hydrogen) atoms. The number of hydrogen-bond donors (Lipinski definition) is 2. The maximum atomic E-state index is 9.57. The van der Waals surface area contributed by atoms with Crippen molar-refractivity contribution in [2.24, 2.45) is 0 Å². The molecule has 0 spiro atoms. The van der Waals surface area contributed by atoms with Gasteiger partial charge < -0.3 is 20.1 Å². The van der Waals surface area contributed by atoms with Crippen molar-refractivity contribution >= 4 is 5.82 Å². The fourth-order valence-electron chi connectivity index (χ4n) is 2.33. The Hall–Kier alpha value is -1.17. The van der Waals surface area contributed by atoms with Gasteiger partial charge in [-0.25, -0.2) is 4.98 Å². The van der Waals surface area contributed by atoms with Crippen LogP contribution in [-0.4, -0.2) is 49.5 Å². The van der Waals surface area contributed by atoms with Gasteiger partial charge in [0.15, 0.2) is 0 Å². The molecule has 1 aliphatic heterocycles. The van der Waals surface area contributed by atoms with Crippen molar-refractivity contribution < 1.29 is 9.84 Å². The van der Waals surface area contributed by atoms with Gasteiger partial charge in [0.05, 0.1) is 12.7 Å². The second-order valence-electron chi connectivity index (χ2n) is 4.87. The molecule has 2 N–H and O–H groups in total. The molecule has 0 aromatic carbocycles. The van der Waals surface area contributed by atoms with Crippen LogP contribution in [0.2, 0.25) is 0 Å². The van der Waals surface area contributed by atoms with Crippen molar-refractivity contribution in [1.29, 1.82) is 0 Å². The van der Waals surface area contributed by atoms with Crippen LogP contribution in [0.4, 0.5) is 5.82 Å². The lowest BCUT2D eigenvalue weighted by Crippen LogP contribution is -2.37. The summed E-state index contributed by atoms with van der Waals surface area (Å²) in [6.07, 6.45) is 3.34. The first kappa shape index (κ1) is 14.2. The van der Waals surface area contributed by atoms with E-state index in [1.807, 2.05) is 12.3 Å². The molecular weight excluding hydrogens is 242 g/mol. The Bertz CT molecular complexity index is 379. The van der Waals surface area contributed by atoms with Gasteiger partial charge in [0.25, 0.3) is 0 Å². The largest absolute Gasteiger partial charge is 0.393 e. The van der Waals surface area contributed by atoms with E-state index >= 15 is 0 Å². The van der Waals surface area contributed by atoms with Crippen LogP contribution in [0.5, 0.6) is 0 Å². The number of anilines is 1. The molecule has 0 aliphatic carbocycles. The molecule has 2 heterocycles. The minimum Gasteiger partial charge on any atom is -0.393 e. The molecule has 1 aromatic heterocycles. The maximum absolute atomic E-state index is 9.57. The standard InChI is InChI=1S/C14H23N3O2/c1-19-10-7-15-11-12-3-2-6-16-14(12)17-8-4-13(18)5-9-17/h2-3,6,13,15,18H,4-5,7-11H2,1H3. The van der Waals surface area contributed by atoms with Gasteiger partial charge >= 0.3 is 0 Å². The number of methoxy groups -OCH3 is 1. The lowest BCUT2D eigenvalue weighted by atomic mass is 10.1. The first-order valence-corrected chi connectivity index (χ1v) is 6.88. The highest BCUT2D eigenvalue weighted by Gasteiger charge is 2.19. The average Bonchev–Trinajstić information content (AvgIpc) is 2.45. The number of nitrogens with one attached hydrogen (secondary N) is 1. The Kier molecular flexibility index (Phi) is 5.57. The van der Waals surface area contributed by atoms with Gasteiger partial charge in [0, 0.05) is 45.0 Å². The third-order valence-corrected chi connectivity index (χ3v) is 3.43. The third-order valence-electron chi connectivity index (χ3n) is 3.43. The molecule has 106 valence electrons. The Morgan fingerprint density at radius 3 is 3.00 bits per heavy atom. The van der Waals surface area contributed by atoms with Crippen LogP contribution in [0.25, 0.3) is 0 Å². The predicted molar refractivity (Wildman–Crippen MR) is 75.3 cm³/mol. The second kappa shape index (κ2) is 7.43. The van der Waals surface area contributed by atoms with Gasteiger partial charge in [-0.2, -0.15) is 0 Å². The van der Waals surface area contributed by atoms with Crippen molar-refractivity contribution in [2.45, 2.75) is 25.5 Å². The van der Waals surface area contributed by atoms with E-state index in [-0.39, 0.29) is 6.10 Å². The first-order chi connectivity index (χ1) is 9.31. The summed E-state index contributed by atoms with van der Waals surface area (Å²) in [6.45, 7) is 4.10. The number of hydrogen-bond acceptors (Lipinski definition) is 5. The zero-order chi connectivity index (χ0) is 13.5. The van der Waals surface area contributed by atoms with Crippen LogP contribution in [0.1, 0.15) is 18.4 Å². The van der Waals surface area contributed by atoms with E-state index in [9.17, 15) is 5.11 Å². The fraction of sp³-hybridized carbons (Fsp3) is 0.643. The van der Waals surface area contributed by atoms with Crippen molar-refractivity contribution in [3.05, 3.63) is 23.9 Å². The highest BCUT2D eigenvalue weighted by atomic mass is 16.5. The smallest absolute Gasteiger partial charge is 0.133 e. The lowest BCUT2D eigenvalue weighted by molar-refractivity contribution is 0.145. The summed E-state index contributed by atoms with van der Waals surface area (Å²) in [5, 5.41) is 12.9. The van der Waals surface area contributed by atoms with Crippen molar-refractivity contribution in [2.75, 3.05) is 38.3 Å². The summed E-state index contributed by atoms with van der Waals surface area (Å²) in [4.78, 5) is 6.76. The number of nitrogens with zero attached hydrogens (tertiary/aromatic N) is 2. The molecule has 0 radical (unpaired) electrons. The zero-order valence-electron chi connectivity index (χ0n) is 11.5. The summed E-state index contributed by atoms with van der Waals surface area (Å²) in [5.74, 6) is 1.04. The summed E-state index contributed by atoms with van der Waals surface area (Å²) >= 11 is 0. The van der Waals surface area contributed by atoms with Crippen molar-refractivity contribution in [3.8, 4) is 0 Å². The van der Waals surface area contributed by atoms with Crippen LogP contribution in [0.3, 0.4) is 0 Å². The first-order valence-electron chi connectivity index (χ1n) is 6.88. The van der Waals surface area contributed by atoms with Gasteiger partial charge in [-0.3, -0.25) is 0 Å². The molecule has 0 atom stereocenters. The molecular formula is C14H23N3O2. The monoisotopic (exact) mass is 265 g/mol. The molecule has 5 nitrogen and oxygen atoms in total. The number of rotatable bonds is 6. The van der Waals surface area contributed by atoms with Gasteiger partial charge in [-0.1, -0.05) is 6.07 Å². The molecule has 1 aliphatic rings. The highest BCUT2D eigenvalue weighted by molar-refractivity contribution is 5.47. The second-order valence-corrected chi connectivity index (χ2v) is 4.87. The van der Waals surface area contributed by atoms with E-state index in [1.54, 1.807) is 7.11 Å². The topological polar surface area (TPSA) is 57.6 Å². The lowest BCUT2D eigenvalue weighted by Gasteiger charge is -2.31. The minimum atomic E-state index is -0.150. The van der Waals surface area contributed by atoms with Crippen LogP contribution >= 0.6 is 0 Å². The summed E-state index contributed by atoms with van der Waals surface area (Å²) < 4.78 is 5.02. The molecule has 1 saturated heterocycles. The SMILES string of the molecule is COCCNCc1cccnc1N1CCC(O)CC1. The van der Waals surface area contributed by atoms with Crippen LogP contribution in [-0.2, 0) is 11.3 Å². The maximum Gasteiger partial charge on any atom is 0.133 e. The van der Waals surface area contributed by atoms with E-state index in [1.165, 1.54) is 5.56 Å². The molecule has 1 fully saturated rings. The predicted octanol–water partition coefficient (Wildman–Crippen LogP) is 0.779. The van der Waals surface area contributed by atoms with E-state index in [4.69, 9.17) is 4.74 Å². The Morgan fingerprint density at radius 1 is 1.47 bits per heavy atom. The molecule has 5 heteroatoms. The Labute approximate surface area is 114 Å². The molecule has 0 unspecified atom stereocenters. The number of aliphatic hydroxyl groups excluding tert-OH is 1. The third kappa shape index (κ3) is 4.16. The molecule has 0 amide bonds. The van der Waals surface area contributed by atoms with Gasteiger partial charge in [0.1, 0.15) is 5.82 Å². The van der Waals surface area contributed by atoms with Gasteiger partial charge in [0.2, 0.25) is 0 Å². The minimum absolute atomic E-state index is 0.150. The van der Waals surface area contributed by atoms with Crippen LogP contribution < -0.4 is 10.2 Å².